The van der Waals surface area contributed by atoms with Crippen molar-refractivity contribution >= 4 is 11.4 Å². The molecule has 3 aromatic carbocycles. The number of hydrogen-bond donors (Lipinski definition) is 4. The Morgan fingerprint density at radius 2 is 1.04 bits per heavy atom. The second kappa shape index (κ2) is 7.83. The van der Waals surface area contributed by atoms with Crippen molar-refractivity contribution in [2.75, 3.05) is 11.5 Å². The summed E-state index contributed by atoms with van der Waals surface area (Å²) in [7, 11) is 0. The Labute approximate surface area is 154 Å². The zero-order valence-corrected chi connectivity index (χ0v) is 14.2. The molecule has 3 aromatic rings. The zero-order chi connectivity index (χ0) is 18.0. The third-order valence-electron chi connectivity index (χ3n) is 4.42. The molecule has 6 N–H and O–H groups in total. The van der Waals surface area contributed by atoms with E-state index < -0.39 is 0 Å². The van der Waals surface area contributed by atoms with Gasteiger partial charge in [-0.2, -0.15) is 0 Å². The van der Waals surface area contributed by atoms with Gasteiger partial charge in [0.25, 0.3) is 0 Å². The highest BCUT2D eigenvalue weighted by molar-refractivity contribution is 5.55. The molecule has 0 aliphatic rings. The molecule has 0 fully saturated rings. The molecule has 0 aliphatic carbocycles. The van der Waals surface area contributed by atoms with E-state index in [9.17, 15) is 10.2 Å². The molecule has 0 heterocycles. The number of anilines is 2. The fourth-order valence-electron chi connectivity index (χ4n) is 2.92. The van der Waals surface area contributed by atoms with Crippen molar-refractivity contribution in [1.82, 2.24) is 0 Å². The summed E-state index contributed by atoms with van der Waals surface area (Å²) in [5.74, 6) is 0.269. The lowest BCUT2D eigenvalue weighted by Crippen LogP contribution is -1.97. The number of phenolic OH excluding ortho intramolecular Hbond substituents is 2. The summed E-state index contributed by atoms with van der Waals surface area (Å²) < 4.78 is 0. The van der Waals surface area contributed by atoms with E-state index in [-0.39, 0.29) is 18.9 Å². The lowest BCUT2D eigenvalue weighted by atomic mass is 9.94. The van der Waals surface area contributed by atoms with Crippen molar-refractivity contribution in [3.8, 4) is 11.5 Å². The number of rotatable bonds is 4. The Hall–Kier alpha value is -3.14. The van der Waals surface area contributed by atoms with Crippen LogP contribution in [0.3, 0.4) is 0 Å². The summed E-state index contributed by atoms with van der Waals surface area (Å²) in [5, 5.41) is 20.8. The first kappa shape index (κ1) is 19.2. The van der Waals surface area contributed by atoms with Crippen LogP contribution in [0, 0.1) is 6.92 Å². The van der Waals surface area contributed by atoms with Crippen molar-refractivity contribution in [3.05, 3.63) is 82.4 Å². The maximum Gasteiger partial charge on any atom is 0.125 e. The van der Waals surface area contributed by atoms with Crippen LogP contribution in [0.1, 0.15) is 35.2 Å². The van der Waals surface area contributed by atoms with Crippen LogP contribution in [-0.2, 0) is 12.8 Å². The highest BCUT2D eigenvalue weighted by Gasteiger charge is 2.15. The first-order valence-electron chi connectivity index (χ1n) is 8.16. The van der Waals surface area contributed by atoms with E-state index in [1.54, 1.807) is 6.92 Å². The third-order valence-corrected chi connectivity index (χ3v) is 4.42. The lowest BCUT2D eigenvalue weighted by molar-refractivity contribution is 0.436. The molecule has 136 valence electrons. The summed E-state index contributed by atoms with van der Waals surface area (Å²) >= 11 is 0. The van der Waals surface area contributed by atoms with Gasteiger partial charge in [0.2, 0.25) is 0 Å². The number of phenols is 2. The minimum Gasteiger partial charge on any atom is -0.507 e. The number of hydrogen-bond acceptors (Lipinski definition) is 4. The van der Waals surface area contributed by atoms with Crippen LogP contribution < -0.4 is 11.5 Å². The third kappa shape index (κ3) is 4.09. The van der Waals surface area contributed by atoms with Gasteiger partial charge in [-0.15, -0.1) is 0 Å². The van der Waals surface area contributed by atoms with Gasteiger partial charge < -0.3 is 21.7 Å². The van der Waals surface area contributed by atoms with Crippen LogP contribution in [0.15, 0.2) is 54.6 Å². The number of nitrogens with two attached hydrogens (primary N) is 2. The lowest BCUT2D eigenvalue weighted by Gasteiger charge is -2.14. The monoisotopic (exact) mass is 350 g/mol. The molecule has 0 amide bonds. The maximum absolute atomic E-state index is 10.4. The summed E-state index contributed by atoms with van der Waals surface area (Å²) in [6, 6.07) is 17.0. The summed E-state index contributed by atoms with van der Waals surface area (Å²) in [5.41, 5.74) is 17.0. The van der Waals surface area contributed by atoms with Crippen molar-refractivity contribution in [1.29, 1.82) is 0 Å². The summed E-state index contributed by atoms with van der Waals surface area (Å²) in [6.07, 6.45) is 1.14. The van der Waals surface area contributed by atoms with E-state index in [1.165, 1.54) is 0 Å². The first-order chi connectivity index (χ1) is 11.9. The smallest absolute Gasteiger partial charge is 0.125 e. The highest BCUT2D eigenvalue weighted by atomic mass is 16.3. The van der Waals surface area contributed by atoms with Gasteiger partial charge in [0.1, 0.15) is 11.5 Å². The molecule has 0 unspecified atom stereocenters. The van der Waals surface area contributed by atoms with Crippen LogP contribution in [0.25, 0.3) is 0 Å². The summed E-state index contributed by atoms with van der Waals surface area (Å²) in [6.45, 7) is 1.73. The molecule has 26 heavy (non-hydrogen) atoms. The van der Waals surface area contributed by atoms with Crippen LogP contribution in [-0.4, -0.2) is 10.2 Å². The maximum atomic E-state index is 10.4. The molecule has 0 aliphatic heterocycles. The largest absolute Gasteiger partial charge is 0.507 e. The number of aromatic hydroxyl groups is 2. The molecule has 0 radical (unpaired) electrons. The van der Waals surface area contributed by atoms with Crippen molar-refractivity contribution in [3.63, 3.8) is 0 Å². The van der Waals surface area contributed by atoms with Crippen molar-refractivity contribution in [2.45, 2.75) is 27.2 Å². The van der Waals surface area contributed by atoms with E-state index in [0.717, 1.165) is 22.3 Å². The van der Waals surface area contributed by atoms with Crippen LogP contribution >= 0.6 is 0 Å². The quantitative estimate of drug-likeness (QED) is 0.525. The van der Waals surface area contributed by atoms with Crippen molar-refractivity contribution in [2.24, 2.45) is 0 Å². The van der Waals surface area contributed by atoms with Gasteiger partial charge in [-0.1, -0.05) is 31.7 Å². The Morgan fingerprint density at radius 3 is 1.38 bits per heavy atom. The Morgan fingerprint density at radius 1 is 0.692 bits per heavy atom. The number of benzene rings is 3. The van der Waals surface area contributed by atoms with E-state index in [2.05, 4.69) is 0 Å². The molecular formula is C22H26N2O2. The Kier molecular flexibility index (Phi) is 5.78. The molecule has 0 spiro atoms. The molecule has 0 aromatic heterocycles. The second-order valence-electron chi connectivity index (χ2n) is 6.35. The van der Waals surface area contributed by atoms with Gasteiger partial charge in [0, 0.05) is 29.8 Å². The molecule has 0 bridgehead atoms. The topological polar surface area (TPSA) is 92.5 Å². The van der Waals surface area contributed by atoms with Gasteiger partial charge in [-0.3, -0.25) is 0 Å². The molecular weight excluding hydrogens is 324 g/mol. The van der Waals surface area contributed by atoms with E-state index in [0.29, 0.717) is 29.8 Å². The zero-order valence-electron chi connectivity index (χ0n) is 14.2. The average Bonchev–Trinajstić information content (AvgIpc) is 2.61. The second-order valence-corrected chi connectivity index (χ2v) is 6.35. The van der Waals surface area contributed by atoms with Gasteiger partial charge in [0.15, 0.2) is 0 Å². The van der Waals surface area contributed by atoms with Gasteiger partial charge in [-0.25, -0.2) is 0 Å². The first-order valence-corrected chi connectivity index (χ1v) is 8.16. The van der Waals surface area contributed by atoms with E-state index >= 15 is 0 Å². The molecule has 3 rings (SSSR count). The van der Waals surface area contributed by atoms with Gasteiger partial charge in [0.05, 0.1) is 0 Å². The molecule has 0 saturated carbocycles. The molecule has 4 nitrogen and oxygen atoms in total. The minimum atomic E-state index is 0. The summed E-state index contributed by atoms with van der Waals surface area (Å²) in [4.78, 5) is 0. The standard InChI is InChI=1S/C21H22N2O2.CH4/c1-13-20(24)16(10-14-2-6-18(22)7-3-14)12-17(21(13)25)11-15-4-8-19(23)9-5-15;/h2-9,12,24-25H,10-11,22-23H2,1H3;1H4. The fraction of sp³-hybridized carbons (Fsp3) is 0.182. The molecule has 0 atom stereocenters. The van der Waals surface area contributed by atoms with E-state index in [4.69, 9.17) is 11.5 Å². The van der Waals surface area contributed by atoms with Gasteiger partial charge in [-0.05, 0) is 59.5 Å². The average molecular weight is 350 g/mol. The van der Waals surface area contributed by atoms with Crippen molar-refractivity contribution < 1.29 is 10.2 Å². The van der Waals surface area contributed by atoms with Gasteiger partial charge >= 0.3 is 0 Å². The van der Waals surface area contributed by atoms with Crippen LogP contribution in [0.4, 0.5) is 11.4 Å². The number of nitrogen functional groups attached to an aromatic ring is 2. The fourth-order valence-corrected chi connectivity index (χ4v) is 2.92. The predicted octanol–water partition coefficient (Wildman–Crippen LogP) is 4.39. The minimum absolute atomic E-state index is 0. The molecule has 0 saturated heterocycles. The Bertz CT molecular complexity index is 814. The normalized spacial score (nSPS) is 10.3. The Balaban J connectivity index is 0.00000243. The van der Waals surface area contributed by atoms with E-state index in [1.807, 2.05) is 54.6 Å². The molecule has 4 heteroatoms. The van der Waals surface area contributed by atoms with Crippen LogP contribution in [0.5, 0.6) is 11.5 Å². The van der Waals surface area contributed by atoms with Crippen LogP contribution in [0.2, 0.25) is 0 Å². The SMILES string of the molecule is C.Cc1c(O)c(Cc2ccc(N)cc2)cc(Cc2ccc(N)cc2)c1O. The highest BCUT2D eigenvalue weighted by Crippen LogP contribution is 2.35. The predicted molar refractivity (Wildman–Crippen MR) is 109 cm³/mol.